The molecule has 3 rings (SSSR count). The number of fused-ring (bicyclic) bond motifs is 1. The van der Waals surface area contributed by atoms with Gasteiger partial charge in [-0.15, -0.1) is 0 Å². The predicted octanol–water partition coefficient (Wildman–Crippen LogP) is 1.50. The first-order valence-corrected chi connectivity index (χ1v) is 7.90. The molecule has 1 amide bonds. The summed E-state index contributed by atoms with van der Waals surface area (Å²) >= 11 is 0. The zero-order valence-corrected chi connectivity index (χ0v) is 13.2. The molecule has 2 aliphatic heterocycles. The van der Waals surface area contributed by atoms with Crippen molar-refractivity contribution in [2.24, 2.45) is 0 Å². The van der Waals surface area contributed by atoms with Crippen molar-refractivity contribution in [2.45, 2.75) is 38.9 Å². The highest BCUT2D eigenvalue weighted by atomic mass is 16.2. The van der Waals surface area contributed by atoms with Gasteiger partial charge in [-0.05, 0) is 51.1 Å². The summed E-state index contributed by atoms with van der Waals surface area (Å²) < 4.78 is 0. The van der Waals surface area contributed by atoms with E-state index in [2.05, 4.69) is 37.2 Å². The number of hydrogen-bond acceptors (Lipinski definition) is 3. The first-order chi connectivity index (χ1) is 10.1. The van der Waals surface area contributed by atoms with Crippen LogP contribution in [0.5, 0.6) is 0 Å². The minimum Gasteiger partial charge on any atom is -0.336 e. The van der Waals surface area contributed by atoms with Gasteiger partial charge in [-0.1, -0.05) is 12.1 Å². The molecule has 2 heterocycles. The van der Waals surface area contributed by atoms with Crippen molar-refractivity contribution in [3.05, 3.63) is 34.9 Å². The number of benzene rings is 1. The maximum absolute atomic E-state index is 13.0. The third-order valence-corrected chi connectivity index (χ3v) is 5.02. The largest absolute Gasteiger partial charge is 0.336 e. The Hall–Kier alpha value is -1.39. The molecule has 0 aromatic heterocycles. The second kappa shape index (κ2) is 5.78. The molecule has 1 N–H and O–H groups in total. The van der Waals surface area contributed by atoms with Gasteiger partial charge in [-0.3, -0.25) is 9.69 Å². The van der Waals surface area contributed by atoms with E-state index in [1.807, 2.05) is 17.0 Å². The lowest BCUT2D eigenvalue weighted by atomic mass is 9.94. The molecule has 2 atom stereocenters. The maximum atomic E-state index is 13.0. The van der Waals surface area contributed by atoms with E-state index in [0.29, 0.717) is 12.1 Å². The van der Waals surface area contributed by atoms with E-state index < -0.39 is 0 Å². The molecule has 4 nitrogen and oxygen atoms in total. The lowest BCUT2D eigenvalue weighted by Gasteiger charge is -2.42. The summed E-state index contributed by atoms with van der Waals surface area (Å²) in [6, 6.07) is 6.98. The van der Waals surface area contributed by atoms with Crippen LogP contribution in [0.3, 0.4) is 0 Å². The van der Waals surface area contributed by atoms with Crippen LogP contribution < -0.4 is 5.32 Å². The molecule has 1 fully saturated rings. The van der Waals surface area contributed by atoms with Gasteiger partial charge >= 0.3 is 0 Å². The molecule has 0 aliphatic carbocycles. The Morgan fingerprint density at radius 2 is 1.95 bits per heavy atom. The fourth-order valence-corrected chi connectivity index (χ4v) is 3.47. The number of piperazine rings is 1. The Labute approximate surface area is 127 Å². The highest BCUT2D eigenvalue weighted by molar-refractivity contribution is 5.96. The van der Waals surface area contributed by atoms with Crippen LogP contribution in [0, 0.1) is 0 Å². The SMILES string of the molecule is CC1CN(C(=O)c2cccc3c2CCNC3)CC(C)N1C. The third-order valence-electron chi connectivity index (χ3n) is 5.02. The van der Waals surface area contributed by atoms with Gasteiger partial charge in [0.1, 0.15) is 0 Å². The standard InChI is InChI=1S/C17H25N3O/c1-12-10-20(11-13(2)19(12)3)17(21)16-6-4-5-14-9-18-8-7-15(14)16/h4-6,12-13,18H,7-11H2,1-3H3. The lowest BCUT2D eigenvalue weighted by molar-refractivity contribution is 0.0413. The van der Waals surface area contributed by atoms with Crippen LogP contribution in [0.2, 0.25) is 0 Å². The van der Waals surface area contributed by atoms with E-state index >= 15 is 0 Å². The molecule has 0 spiro atoms. The van der Waals surface area contributed by atoms with Crippen LogP contribution in [0.1, 0.15) is 35.3 Å². The highest BCUT2D eigenvalue weighted by Gasteiger charge is 2.31. The van der Waals surface area contributed by atoms with Crippen LogP contribution in [0.25, 0.3) is 0 Å². The fourth-order valence-electron chi connectivity index (χ4n) is 3.47. The normalized spacial score (nSPS) is 26.5. The molecule has 0 saturated carbocycles. The summed E-state index contributed by atoms with van der Waals surface area (Å²) in [6.07, 6.45) is 0.954. The average molecular weight is 287 g/mol. The van der Waals surface area contributed by atoms with Gasteiger partial charge in [-0.25, -0.2) is 0 Å². The monoisotopic (exact) mass is 287 g/mol. The number of hydrogen-bond donors (Lipinski definition) is 1. The molecule has 4 heteroatoms. The molecule has 0 radical (unpaired) electrons. The van der Waals surface area contributed by atoms with Gasteiger partial charge in [0.15, 0.2) is 0 Å². The Morgan fingerprint density at radius 1 is 1.24 bits per heavy atom. The molecule has 2 aliphatic rings. The number of carbonyl (C=O) groups is 1. The maximum Gasteiger partial charge on any atom is 0.254 e. The van der Waals surface area contributed by atoms with Gasteiger partial charge in [0.2, 0.25) is 0 Å². The van der Waals surface area contributed by atoms with E-state index in [-0.39, 0.29) is 5.91 Å². The zero-order chi connectivity index (χ0) is 15.0. The van der Waals surface area contributed by atoms with Crippen LogP contribution in [0.4, 0.5) is 0 Å². The topological polar surface area (TPSA) is 35.6 Å². The van der Waals surface area contributed by atoms with E-state index in [4.69, 9.17) is 0 Å². The van der Waals surface area contributed by atoms with Crippen molar-refractivity contribution in [1.29, 1.82) is 0 Å². The van der Waals surface area contributed by atoms with E-state index in [1.165, 1.54) is 11.1 Å². The van der Waals surface area contributed by atoms with Gasteiger partial charge in [-0.2, -0.15) is 0 Å². The highest BCUT2D eigenvalue weighted by Crippen LogP contribution is 2.22. The summed E-state index contributed by atoms with van der Waals surface area (Å²) in [5, 5.41) is 3.37. The number of rotatable bonds is 1. The summed E-state index contributed by atoms with van der Waals surface area (Å²) in [4.78, 5) is 17.3. The van der Waals surface area contributed by atoms with Crippen LogP contribution >= 0.6 is 0 Å². The predicted molar refractivity (Wildman–Crippen MR) is 84.4 cm³/mol. The van der Waals surface area contributed by atoms with E-state index in [9.17, 15) is 4.79 Å². The van der Waals surface area contributed by atoms with Crippen molar-refractivity contribution in [3.8, 4) is 0 Å². The van der Waals surface area contributed by atoms with Crippen molar-refractivity contribution in [1.82, 2.24) is 15.1 Å². The van der Waals surface area contributed by atoms with Crippen molar-refractivity contribution in [2.75, 3.05) is 26.7 Å². The first kappa shape index (κ1) is 14.5. The molecule has 114 valence electrons. The van der Waals surface area contributed by atoms with Crippen LogP contribution in [-0.2, 0) is 13.0 Å². The number of amides is 1. The Kier molecular flexibility index (Phi) is 4.00. The smallest absolute Gasteiger partial charge is 0.254 e. The van der Waals surface area contributed by atoms with Crippen molar-refractivity contribution < 1.29 is 4.79 Å². The quantitative estimate of drug-likeness (QED) is 0.850. The van der Waals surface area contributed by atoms with E-state index in [1.54, 1.807) is 0 Å². The summed E-state index contributed by atoms with van der Waals surface area (Å²) in [5.74, 6) is 0.209. The van der Waals surface area contributed by atoms with Crippen molar-refractivity contribution in [3.63, 3.8) is 0 Å². The Bertz CT molecular complexity index is 531. The van der Waals surface area contributed by atoms with Crippen LogP contribution in [-0.4, -0.2) is 54.5 Å². The summed E-state index contributed by atoms with van der Waals surface area (Å²) in [6.45, 7) is 7.88. The summed E-state index contributed by atoms with van der Waals surface area (Å²) in [7, 11) is 2.15. The van der Waals surface area contributed by atoms with Gasteiger partial charge < -0.3 is 10.2 Å². The van der Waals surface area contributed by atoms with Gasteiger partial charge in [0.05, 0.1) is 0 Å². The number of nitrogens with zero attached hydrogens (tertiary/aromatic N) is 2. The lowest BCUT2D eigenvalue weighted by Crippen LogP contribution is -2.56. The second-order valence-corrected chi connectivity index (χ2v) is 6.44. The van der Waals surface area contributed by atoms with Gasteiger partial charge in [0, 0.05) is 37.3 Å². The molecule has 2 unspecified atom stereocenters. The molecule has 1 saturated heterocycles. The van der Waals surface area contributed by atoms with E-state index in [0.717, 1.165) is 38.2 Å². The number of nitrogens with one attached hydrogen (secondary N) is 1. The fraction of sp³-hybridized carbons (Fsp3) is 0.588. The third kappa shape index (κ3) is 2.70. The first-order valence-electron chi connectivity index (χ1n) is 7.90. The molecular weight excluding hydrogens is 262 g/mol. The molecule has 1 aromatic rings. The Morgan fingerprint density at radius 3 is 2.67 bits per heavy atom. The number of carbonyl (C=O) groups excluding carboxylic acids is 1. The van der Waals surface area contributed by atoms with Crippen LogP contribution in [0.15, 0.2) is 18.2 Å². The molecule has 0 bridgehead atoms. The van der Waals surface area contributed by atoms with Gasteiger partial charge in [0.25, 0.3) is 5.91 Å². The molecule has 1 aromatic carbocycles. The number of likely N-dealkylation sites (N-methyl/N-ethyl adjacent to an activating group) is 1. The molecule has 21 heavy (non-hydrogen) atoms. The average Bonchev–Trinajstić information content (AvgIpc) is 2.51. The Balaban J connectivity index is 1.86. The second-order valence-electron chi connectivity index (χ2n) is 6.44. The summed E-state index contributed by atoms with van der Waals surface area (Å²) in [5.41, 5.74) is 3.45. The van der Waals surface area contributed by atoms with Crippen molar-refractivity contribution >= 4 is 5.91 Å². The minimum absolute atomic E-state index is 0.209. The zero-order valence-electron chi connectivity index (χ0n) is 13.2. The minimum atomic E-state index is 0.209. The molecular formula is C17H25N3O.